The largest absolute Gasteiger partial charge is 0.0581 e. The van der Waals surface area contributed by atoms with Crippen molar-refractivity contribution in [2.45, 2.75) is 203 Å². The summed E-state index contributed by atoms with van der Waals surface area (Å²) in [5.74, 6) is 0.383. The van der Waals surface area contributed by atoms with E-state index in [1.165, 1.54) is 22.3 Å². The summed E-state index contributed by atoms with van der Waals surface area (Å²) in [6.07, 6.45) is 1.05. The number of hydrogen-bond donors (Lipinski definition) is 0. The molecule has 2 aromatic rings. The molecule has 0 amide bonds. The fraction of sp³-hybridized carbons (Fsp3) is 0.721. The standard InChI is InChI=1S/C43H72/c1-27(29-24-28(37(2,3)4)25-32(39(8,9)10)34(29)41(14,15)16)23-30-31(38(5,6)7)26-33(40(11,12)13)36(43(20,21)22)35(30)42(17,18)19/h24-27H,23H2,1-22H3. The maximum atomic E-state index is 2.62. The van der Waals surface area contributed by atoms with E-state index < -0.39 is 0 Å². The van der Waals surface area contributed by atoms with Crippen LogP contribution in [0.3, 0.4) is 0 Å². The Bertz CT molecular complexity index is 1290. The highest BCUT2D eigenvalue weighted by Crippen LogP contribution is 2.48. The first kappa shape index (κ1) is 37.6. The van der Waals surface area contributed by atoms with E-state index in [2.05, 4.69) is 171 Å². The van der Waals surface area contributed by atoms with Gasteiger partial charge in [0.1, 0.15) is 0 Å². The zero-order chi connectivity index (χ0) is 34.1. The molecule has 0 saturated carbocycles. The van der Waals surface area contributed by atoms with Gasteiger partial charge in [0.25, 0.3) is 0 Å². The SMILES string of the molecule is CC(Cc1c(C(C)(C)C)cc(C(C)(C)C)c(C(C)(C)C)c1C(C)(C)C)c1cc(C(C)(C)C)cc(C(C)(C)C)c1C(C)(C)C. The van der Waals surface area contributed by atoms with Crippen molar-refractivity contribution in [2.24, 2.45) is 0 Å². The average molecular weight is 589 g/mol. The van der Waals surface area contributed by atoms with Crippen LogP contribution in [-0.4, -0.2) is 0 Å². The molecule has 0 nitrogen and oxygen atoms in total. The molecule has 0 saturated heterocycles. The van der Waals surface area contributed by atoms with Crippen LogP contribution in [0.25, 0.3) is 0 Å². The molecule has 0 N–H and O–H groups in total. The summed E-state index contributed by atoms with van der Waals surface area (Å²) >= 11 is 0. The van der Waals surface area contributed by atoms with Gasteiger partial charge >= 0.3 is 0 Å². The Hall–Kier alpha value is -1.56. The van der Waals surface area contributed by atoms with Gasteiger partial charge < -0.3 is 0 Å². The average Bonchev–Trinajstić information content (AvgIpc) is 2.72. The Kier molecular flexibility index (Phi) is 9.93. The van der Waals surface area contributed by atoms with Crippen molar-refractivity contribution in [3.8, 4) is 0 Å². The molecule has 0 aliphatic heterocycles. The maximum Gasteiger partial charge on any atom is -0.0126 e. The monoisotopic (exact) mass is 589 g/mol. The van der Waals surface area contributed by atoms with Gasteiger partial charge in [0.2, 0.25) is 0 Å². The predicted molar refractivity (Wildman–Crippen MR) is 196 cm³/mol. The molecule has 0 aliphatic rings. The second kappa shape index (κ2) is 11.4. The van der Waals surface area contributed by atoms with Crippen molar-refractivity contribution < 1.29 is 0 Å². The molecule has 0 heteroatoms. The first-order chi connectivity index (χ1) is 18.7. The first-order valence-electron chi connectivity index (χ1n) is 17.1. The lowest BCUT2D eigenvalue weighted by Crippen LogP contribution is -2.32. The molecular weight excluding hydrogens is 516 g/mol. The summed E-state index contributed by atoms with van der Waals surface area (Å²) < 4.78 is 0. The summed E-state index contributed by atoms with van der Waals surface area (Å²) in [5.41, 5.74) is 14.2. The normalized spacial score (nSPS) is 15.2. The first-order valence-corrected chi connectivity index (χ1v) is 17.1. The van der Waals surface area contributed by atoms with Gasteiger partial charge in [-0.3, -0.25) is 0 Å². The van der Waals surface area contributed by atoms with Gasteiger partial charge in [-0.15, -0.1) is 0 Å². The molecule has 0 bridgehead atoms. The Morgan fingerprint density at radius 3 is 1.09 bits per heavy atom. The fourth-order valence-corrected chi connectivity index (χ4v) is 7.13. The number of hydrogen-bond acceptors (Lipinski definition) is 0. The van der Waals surface area contributed by atoms with E-state index in [0.29, 0.717) is 5.92 Å². The Balaban J connectivity index is 3.19. The molecule has 0 aliphatic carbocycles. The summed E-state index contributed by atoms with van der Waals surface area (Å²) in [5, 5.41) is 0. The summed E-state index contributed by atoms with van der Waals surface area (Å²) in [6.45, 7) is 53.2. The van der Waals surface area contributed by atoms with Crippen molar-refractivity contribution in [1.29, 1.82) is 0 Å². The third kappa shape index (κ3) is 8.38. The van der Waals surface area contributed by atoms with Crippen molar-refractivity contribution in [3.63, 3.8) is 0 Å². The minimum atomic E-state index is 0.0234. The van der Waals surface area contributed by atoms with E-state index in [0.717, 1.165) is 6.42 Å². The Labute approximate surface area is 270 Å². The van der Waals surface area contributed by atoms with Crippen molar-refractivity contribution in [1.82, 2.24) is 0 Å². The van der Waals surface area contributed by atoms with Crippen LogP contribution in [0.5, 0.6) is 0 Å². The smallest absolute Gasteiger partial charge is 0.0126 e. The third-order valence-corrected chi connectivity index (χ3v) is 9.19. The zero-order valence-electron chi connectivity index (χ0n) is 33.0. The van der Waals surface area contributed by atoms with Crippen LogP contribution >= 0.6 is 0 Å². The molecule has 244 valence electrons. The van der Waals surface area contributed by atoms with Gasteiger partial charge in [-0.05, 0) is 100 Å². The van der Waals surface area contributed by atoms with Crippen LogP contribution in [-0.2, 0) is 44.3 Å². The lowest BCUT2D eigenvalue weighted by atomic mass is 9.63. The highest BCUT2D eigenvalue weighted by molar-refractivity contribution is 5.57. The van der Waals surface area contributed by atoms with E-state index in [1.54, 1.807) is 27.8 Å². The second-order valence-electron chi connectivity index (χ2n) is 21.0. The Morgan fingerprint density at radius 1 is 0.395 bits per heavy atom. The molecule has 0 heterocycles. The van der Waals surface area contributed by atoms with Crippen LogP contribution in [0, 0.1) is 0 Å². The molecule has 1 unspecified atom stereocenters. The predicted octanol–water partition coefficient (Wildman–Crippen LogP) is 13.1. The summed E-state index contributed by atoms with van der Waals surface area (Å²) in [7, 11) is 0. The molecule has 0 spiro atoms. The third-order valence-electron chi connectivity index (χ3n) is 9.19. The van der Waals surface area contributed by atoms with E-state index in [9.17, 15) is 0 Å². The Morgan fingerprint density at radius 2 is 0.767 bits per heavy atom. The van der Waals surface area contributed by atoms with E-state index >= 15 is 0 Å². The van der Waals surface area contributed by atoms with Gasteiger partial charge in [-0.2, -0.15) is 0 Å². The molecule has 43 heavy (non-hydrogen) atoms. The molecule has 0 fully saturated rings. The molecular formula is C43H72. The van der Waals surface area contributed by atoms with Crippen molar-refractivity contribution in [3.05, 3.63) is 68.3 Å². The maximum absolute atomic E-state index is 2.62. The molecule has 2 rings (SSSR count). The summed E-state index contributed by atoms with van der Waals surface area (Å²) in [4.78, 5) is 0. The van der Waals surface area contributed by atoms with Crippen LogP contribution in [0.2, 0.25) is 0 Å². The minimum Gasteiger partial charge on any atom is -0.0581 e. The van der Waals surface area contributed by atoms with Crippen LogP contribution < -0.4 is 0 Å². The lowest BCUT2D eigenvalue weighted by Gasteiger charge is -2.42. The van der Waals surface area contributed by atoms with Gasteiger partial charge in [0, 0.05) is 0 Å². The molecule has 0 radical (unpaired) electrons. The van der Waals surface area contributed by atoms with E-state index in [1.807, 2.05) is 0 Å². The topological polar surface area (TPSA) is 0 Å². The molecule has 2 aromatic carbocycles. The highest BCUT2D eigenvalue weighted by atomic mass is 14.4. The van der Waals surface area contributed by atoms with Gasteiger partial charge in [-0.1, -0.05) is 171 Å². The minimum absolute atomic E-state index is 0.0234. The van der Waals surface area contributed by atoms with Gasteiger partial charge in [0.15, 0.2) is 0 Å². The lowest BCUT2D eigenvalue weighted by molar-refractivity contribution is 0.480. The van der Waals surface area contributed by atoms with E-state index in [-0.39, 0.29) is 37.9 Å². The second-order valence-corrected chi connectivity index (χ2v) is 21.0. The van der Waals surface area contributed by atoms with E-state index in [4.69, 9.17) is 0 Å². The number of rotatable bonds is 3. The fourth-order valence-electron chi connectivity index (χ4n) is 7.13. The van der Waals surface area contributed by atoms with Crippen LogP contribution in [0.1, 0.15) is 208 Å². The highest BCUT2D eigenvalue weighted by Gasteiger charge is 2.38. The zero-order valence-corrected chi connectivity index (χ0v) is 33.0. The van der Waals surface area contributed by atoms with Crippen molar-refractivity contribution in [2.75, 3.05) is 0 Å². The molecule has 0 aromatic heterocycles. The number of benzene rings is 2. The quantitative estimate of drug-likeness (QED) is 0.334. The molecule has 1 atom stereocenters. The van der Waals surface area contributed by atoms with Crippen molar-refractivity contribution >= 4 is 0 Å². The van der Waals surface area contributed by atoms with Gasteiger partial charge in [-0.25, -0.2) is 0 Å². The summed E-state index contributed by atoms with van der Waals surface area (Å²) in [6, 6.07) is 7.74. The van der Waals surface area contributed by atoms with Crippen LogP contribution in [0.15, 0.2) is 18.2 Å². The van der Waals surface area contributed by atoms with Gasteiger partial charge in [0.05, 0.1) is 0 Å². The van der Waals surface area contributed by atoms with Crippen LogP contribution in [0.4, 0.5) is 0 Å².